The van der Waals surface area contributed by atoms with Crippen molar-refractivity contribution in [2.24, 2.45) is 0 Å². The van der Waals surface area contributed by atoms with Crippen LogP contribution in [0.2, 0.25) is 0 Å². The molecule has 5 aromatic rings. The molecule has 4 heterocycles. The maximum absolute atomic E-state index is 14.3. The van der Waals surface area contributed by atoms with Crippen molar-refractivity contribution < 1.29 is 0 Å². The molecule has 0 radical (unpaired) electrons. The maximum Gasteiger partial charge on any atom is 0.265 e. The van der Waals surface area contributed by atoms with Gasteiger partial charge in [0.05, 0.1) is 23.4 Å². The molecule has 0 saturated carbocycles. The summed E-state index contributed by atoms with van der Waals surface area (Å²) in [5, 5.41) is 5.14. The van der Waals surface area contributed by atoms with Crippen LogP contribution in [-0.2, 0) is 0 Å². The minimum absolute atomic E-state index is 0.0236. The molecule has 0 spiro atoms. The van der Waals surface area contributed by atoms with Gasteiger partial charge in [-0.1, -0.05) is 30.3 Å². The number of piperazine rings is 1. The van der Waals surface area contributed by atoms with E-state index < -0.39 is 0 Å². The normalized spacial score (nSPS) is 15.4. The number of nitrogens with one attached hydrogen (secondary N) is 2. The quantitative estimate of drug-likeness (QED) is 0.397. The first-order valence-corrected chi connectivity index (χ1v) is 12.2. The van der Waals surface area contributed by atoms with Gasteiger partial charge in [0, 0.05) is 37.6 Å². The third-order valence-electron chi connectivity index (χ3n) is 6.93. The number of benzene rings is 2. The van der Waals surface area contributed by atoms with Crippen LogP contribution in [0.4, 0.5) is 11.5 Å². The number of rotatable bonds is 5. The Kier molecular flexibility index (Phi) is 5.61. The van der Waals surface area contributed by atoms with Gasteiger partial charge >= 0.3 is 0 Å². The largest absolute Gasteiger partial charge is 0.368 e. The Morgan fingerprint density at radius 2 is 1.78 bits per heavy atom. The lowest BCUT2D eigenvalue weighted by Gasteiger charge is -2.34. The van der Waals surface area contributed by atoms with E-state index in [0.29, 0.717) is 17.0 Å². The average Bonchev–Trinajstić information content (AvgIpc) is 3.39. The third kappa shape index (κ3) is 3.87. The highest BCUT2D eigenvalue weighted by molar-refractivity contribution is 5.94. The fourth-order valence-electron chi connectivity index (χ4n) is 4.99. The third-order valence-corrected chi connectivity index (χ3v) is 6.93. The number of fused-ring (bicyclic) bond motifs is 2. The number of aromatic nitrogens is 5. The Bertz CT molecular complexity index is 1580. The summed E-state index contributed by atoms with van der Waals surface area (Å²) in [6.45, 7) is 5.78. The van der Waals surface area contributed by atoms with Crippen LogP contribution in [0, 0.1) is 0 Å². The van der Waals surface area contributed by atoms with Crippen LogP contribution in [0.25, 0.3) is 27.6 Å². The molecule has 2 aromatic carbocycles. The van der Waals surface area contributed by atoms with E-state index in [9.17, 15) is 4.79 Å². The molecule has 0 bridgehead atoms. The maximum atomic E-state index is 14.3. The van der Waals surface area contributed by atoms with Crippen LogP contribution in [0.3, 0.4) is 0 Å². The van der Waals surface area contributed by atoms with Crippen LogP contribution < -0.4 is 15.8 Å². The SMILES string of the molecule is C[C@H](Nc1ncnc2[nH]cnc12)c1cc2cccc(N3CCN(C)CC3)c2c(=O)n1-c1ccccc1. The van der Waals surface area contributed by atoms with E-state index >= 15 is 0 Å². The van der Waals surface area contributed by atoms with Crippen molar-refractivity contribution in [1.29, 1.82) is 0 Å². The molecular formula is C27H28N8O. The Morgan fingerprint density at radius 1 is 0.972 bits per heavy atom. The fourth-order valence-corrected chi connectivity index (χ4v) is 4.99. The van der Waals surface area contributed by atoms with Crippen molar-refractivity contribution in [3.8, 4) is 5.69 Å². The molecule has 9 heteroatoms. The number of H-pyrrole nitrogens is 1. The van der Waals surface area contributed by atoms with Gasteiger partial charge in [-0.2, -0.15) is 0 Å². The lowest BCUT2D eigenvalue weighted by Crippen LogP contribution is -2.45. The molecule has 3 aromatic heterocycles. The number of likely N-dealkylation sites (N-methyl/N-ethyl adjacent to an activating group) is 1. The molecule has 1 saturated heterocycles. The molecule has 36 heavy (non-hydrogen) atoms. The predicted molar refractivity (Wildman–Crippen MR) is 143 cm³/mol. The van der Waals surface area contributed by atoms with Crippen molar-refractivity contribution in [3.05, 3.63) is 83.3 Å². The molecule has 2 N–H and O–H groups in total. The Balaban J connectivity index is 1.51. The highest BCUT2D eigenvalue weighted by Gasteiger charge is 2.22. The molecule has 0 aliphatic carbocycles. The summed E-state index contributed by atoms with van der Waals surface area (Å²) in [6, 6.07) is 17.8. The zero-order valence-electron chi connectivity index (χ0n) is 20.3. The second kappa shape index (κ2) is 9.09. The minimum atomic E-state index is -0.232. The van der Waals surface area contributed by atoms with E-state index in [1.165, 1.54) is 6.33 Å². The van der Waals surface area contributed by atoms with Gasteiger partial charge in [-0.05, 0) is 43.6 Å². The summed E-state index contributed by atoms with van der Waals surface area (Å²) in [7, 11) is 2.14. The molecule has 0 unspecified atom stereocenters. The number of pyridine rings is 1. The van der Waals surface area contributed by atoms with Crippen molar-refractivity contribution >= 4 is 33.4 Å². The van der Waals surface area contributed by atoms with Crippen LogP contribution >= 0.6 is 0 Å². The number of imidazole rings is 1. The van der Waals surface area contributed by atoms with Gasteiger partial charge in [0.15, 0.2) is 11.5 Å². The molecular weight excluding hydrogens is 452 g/mol. The molecule has 1 aliphatic rings. The lowest BCUT2D eigenvalue weighted by atomic mass is 10.0. The van der Waals surface area contributed by atoms with Crippen molar-refractivity contribution in [3.63, 3.8) is 0 Å². The number of nitrogens with zero attached hydrogens (tertiary/aromatic N) is 6. The summed E-state index contributed by atoms with van der Waals surface area (Å²) in [6.07, 6.45) is 3.10. The van der Waals surface area contributed by atoms with E-state index in [1.807, 2.05) is 54.0 Å². The zero-order valence-corrected chi connectivity index (χ0v) is 20.3. The first-order valence-electron chi connectivity index (χ1n) is 12.2. The Morgan fingerprint density at radius 3 is 2.58 bits per heavy atom. The monoisotopic (exact) mass is 480 g/mol. The fraction of sp³-hybridized carbons (Fsp3) is 0.259. The van der Waals surface area contributed by atoms with Gasteiger partial charge in [0.1, 0.15) is 11.8 Å². The predicted octanol–water partition coefficient (Wildman–Crippen LogP) is 3.58. The van der Waals surface area contributed by atoms with Crippen molar-refractivity contribution in [1.82, 2.24) is 29.4 Å². The highest BCUT2D eigenvalue weighted by Crippen LogP contribution is 2.30. The van der Waals surface area contributed by atoms with Crippen LogP contribution in [0.5, 0.6) is 0 Å². The second-order valence-electron chi connectivity index (χ2n) is 9.27. The average molecular weight is 481 g/mol. The van der Waals surface area contributed by atoms with Gasteiger partial charge in [0.2, 0.25) is 0 Å². The van der Waals surface area contributed by atoms with Gasteiger partial charge in [-0.3, -0.25) is 9.36 Å². The standard InChI is InChI=1S/C27H28N8O/c1-18(32-26-24-25(29-16-28-24)30-17-31-26)22-15-19-7-6-10-21(34-13-11-33(2)12-14-34)23(19)27(36)35(22)20-8-4-3-5-9-20/h3-10,15-18H,11-14H2,1-2H3,(H2,28,29,30,31,32)/t18-/m0/s1. The van der Waals surface area contributed by atoms with E-state index in [1.54, 1.807) is 6.33 Å². The first-order chi connectivity index (χ1) is 17.6. The Hall–Kier alpha value is -4.24. The van der Waals surface area contributed by atoms with E-state index in [2.05, 4.69) is 54.2 Å². The van der Waals surface area contributed by atoms with E-state index in [-0.39, 0.29) is 11.6 Å². The molecule has 1 fully saturated rings. The summed E-state index contributed by atoms with van der Waals surface area (Å²) < 4.78 is 1.82. The number of para-hydroxylation sites is 1. The highest BCUT2D eigenvalue weighted by atomic mass is 16.1. The van der Waals surface area contributed by atoms with Gasteiger partial charge in [0.25, 0.3) is 5.56 Å². The number of aromatic amines is 1. The molecule has 9 nitrogen and oxygen atoms in total. The summed E-state index contributed by atoms with van der Waals surface area (Å²) in [5.74, 6) is 0.618. The Labute approximate surface area is 208 Å². The summed E-state index contributed by atoms with van der Waals surface area (Å²) >= 11 is 0. The molecule has 1 aliphatic heterocycles. The molecule has 0 amide bonds. The van der Waals surface area contributed by atoms with Crippen molar-refractivity contribution in [2.75, 3.05) is 43.4 Å². The molecule has 182 valence electrons. The summed E-state index contributed by atoms with van der Waals surface area (Å²) in [4.78, 5) is 34.9. The van der Waals surface area contributed by atoms with Crippen LogP contribution in [-0.4, -0.2) is 62.6 Å². The van der Waals surface area contributed by atoms with E-state index in [4.69, 9.17) is 0 Å². The van der Waals surface area contributed by atoms with Gasteiger partial charge in [-0.25, -0.2) is 15.0 Å². The van der Waals surface area contributed by atoms with Crippen LogP contribution in [0.1, 0.15) is 18.7 Å². The first kappa shape index (κ1) is 22.2. The zero-order chi connectivity index (χ0) is 24.6. The van der Waals surface area contributed by atoms with E-state index in [0.717, 1.165) is 54.0 Å². The van der Waals surface area contributed by atoms with Gasteiger partial charge < -0.3 is 20.1 Å². The number of anilines is 2. The van der Waals surface area contributed by atoms with Crippen molar-refractivity contribution in [2.45, 2.75) is 13.0 Å². The minimum Gasteiger partial charge on any atom is -0.368 e. The summed E-state index contributed by atoms with van der Waals surface area (Å²) in [5.41, 5.74) is 3.97. The number of hydrogen-bond acceptors (Lipinski definition) is 7. The van der Waals surface area contributed by atoms with Gasteiger partial charge in [-0.15, -0.1) is 0 Å². The second-order valence-corrected chi connectivity index (χ2v) is 9.27. The molecule has 6 rings (SSSR count). The molecule has 1 atom stereocenters. The smallest absolute Gasteiger partial charge is 0.265 e. The lowest BCUT2D eigenvalue weighted by molar-refractivity contribution is 0.313. The number of hydrogen-bond donors (Lipinski definition) is 2. The topological polar surface area (TPSA) is 95.0 Å². The van der Waals surface area contributed by atoms with Crippen LogP contribution in [0.15, 0.2) is 72.0 Å².